The minimum atomic E-state index is -0.786. The van der Waals surface area contributed by atoms with Gasteiger partial charge in [-0.25, -0.2) is 0 Å². The van der Waals surface area contributed by atoms with Gasteiger partial charge in [-0.15, -0.1) is 0 Å². The Kier molecular flexibility index (Phi) is 11.6. The molecule has 0 saturated heterocycles. The smallest absolute Gasteiger partial charge is 0.303 e. The topological polar surface area (TPSA) is 98.0 Å². The van der Waals surface area contributed by atoms with E-state index in [1.165, 1.54) is 6.42 Å². The molecule has 4 N–H and O–H groups in total. The van der Waals surface area contributed by atoms with Crippen molar-refractivity contribution in [2.45, 2.75) is 89.9 Å². The van der Waals surface area contributed by atoms with E-state index < -0.39 is 24.3 Å². The number of carboxylic acids is 1. The van der Waals surface area contributed by atoms with Crippen LogP contribution in [-0.2, 0) is 4.79 Å². The molecule has 1 saturated carbocycles. The Morgan fingerprint density at radius 2 is 1.89 bits per heavy atom. The zero-order valence-electron chi connectivity index (χ0n) is 16.8. The molecular weight excluding hydrogens is 344 g/mol. The minimum Gasteiger partial charge on any atom is -0.481 e. The Morgan fingerprint density at radius 1 is 1.15 bits per heavy atom. The van der Waals surface area contributed by atoms with Crippen LogP contribution in [0.1, 0.15) is 71.6 Å². The molecule has 6 atom stereocenters. The van der Waals surface area contributed by atoms with Crippen LogP contribution < -0.4 is 0 Å². The maximum absolute atomic E-state index is 10.5. The lowest BCUT2D eigenvalue weighted by atomic mass is 9.89. The molecule has 1 aliphatic carbocycles. The predicted molar refractivity (Wildman–Crippen MR) is 107 cm³/mol. The van der Waals surface area contributed by atoms with Crippen LogP contribution >= 0.6 is 0 Å². The van der Waals surface area contributed by atoms with Crippen molar-refractivity contribution in [1.82, 2.24) is 0 Å². The Hall–Kier alpha value is -1.17. The van der Waals surface area contributed by atoms with Gasteiger partial charge in [-0.1, -0.05) is 51.0 Å². The SMILES string of the molecule is CCCC(C)CCC(O)/C=C/[C@@H]1[C@@H](C/C=C\CCCC(=O)O)[C@@H](O)C[C@H]1O. The summed E-state index contributed by atoms with van der Waals surface area (Å²) in [7, 11) is 0. The first kappa shape index (κ1) is 23.9. The standard InChI is InChI=1S/C22H38O5/c1-3-8-16(2)11-12-17(23)13-14-19-18(20(24)15-21(19)25)9-6-4-5-7-10-22(26)27/h4,6,13-14,16-21,23-25H,3,5,7-12,15H2,1-2H3,(H,26,27)/b6-4-,14-13+/t16?,17?,18-,19-,20+,21-/m1/s1. The van der Waals surface area contributed by atoms with Crippen LogP contribution in [0.3, 0.4) is 0 Å². The van der Waals surface area contributed by atoms with Crippen molar-refractivity contribution in [3.8, 4) is 0 Å². The number of unbranched alkanes of at least 4 members (excludes halogenated alkanes) is 1. The largest absolute Gasteiger partial charge is 0.481 e. The molecule has 5 heteroatoms. The number of rotatable bonds is 13. The molecular formula is C22H38O5. The Bertz CT molecular complexity index is 473. The fourth-order valence-corrected chi connectivity index (χ4v) is 3.89. The second-order valence-corrected chi connectivity index (χ2v) is 8.03. The summed E-state index contributed by atoms with van der Waals surface area (Å²) in [6, 6.07) is 0. The maximum Gasteiger partial charge on any atom is 0.303 e. The highest BCUT2D eigenvalue weighted by molar-refractivity contribution is 5.66. The number of aliphatic carboxylic acids is 1. The van der Waals surface area contributed by atoms with E-state index in [1.54, 1.807) is 6.08 Å². The summed E-state index contributed by atoms with van der Waals surface area (Å²) < 4.78 is 0. The quantitative estimate of drug-likeness (QED) is 0.288. The lowest BCUT2D eigenvalue weighted by Crippen LogP contribution is -2.20. The monoisotopic (exact) mass is 382 g/mol. The second kappa shape index (κ2) is 13.1. The van der Waals surface area contributed by atoms with E-state index in [-0.39, 0.29) is 18.3 Å². The third-order valence-corrected chi connectivity index (χ3v) is 5.54. The van der Waals surface area contributed by atoms with Gasteiger partial charge in [-0.2, -0.15) is 0 Å². The van der Waals surface area contributed by atoms with Crippen LogP contribution in [0.15, 0.2) is 24.3 Å². The first-order valence-electron chi connectivity index (χ1n) is 10.4. The molecule has 27 heavy (non-hydrogen) atoms. The van der Waals surface area contributed by atoms with Crippen molar-refractivity contribution in [2.24, 2.45) is 17.8 Å². The molecule has 5 nitrogen and oxygen atoms in total. The van der Waals surface area contributed by atoms with E-state index in [0.717, 1.165) is 19.3 Å². The van der Waals surface area contributed by atoms with Gasteiger partial charge in [0.25, 0.3) is 0 Å². The Balaban J connectivity index is 2.47. The van der Waals surface area contributed by atoms with Gasteiger partial charge in [0.05, 0.1) is 18.3 Å². The zero-order chi connectivity index (χ0) is 20.2. The fraction of sp³-hybridized carbons (Fsp3) is 0.773. The van der Waals surface area contributed by atoms with Crippen molar-refractivity contribution >= 4 is 5.97 Å². The van der Waals surface area contributed by atoms with Gasteiger partial charge >= 0.3 is 5.97 Å². The van der Waals surface area contributed by atoms with Gasteiger partial charge in [0, 0.05) is 18.8 Å². The van der Waals surface area contributed by atoms with Gasteiger partial charge in [-0.05, 0) is 43.9 Å². The Morgan fingerprint density at radius 3 is 2.56 bits per heavy atom. The van der Waals surface area contributed by atoms with E-state index in [9.17, 15) is 20.1 Å². The molecule has 0 radical (unpaired) electrons. The predicted octanol–water partition coefficient (Wildman–Crippen LogP) is 3.68. The van der Waals surface area contributed by atoms with Crippen molar-refractivity contribution in [3.05, 3.63) is 24.3 Å². The summed E-state index contributed by atoms with van der Waals surface area (Å²) >= 11 is 0. The first-order chi connectivity index (χ1) is 12.8. The highest BCUT2D eigenvalue weighted by Crippen LogP contribution is 2.36. The normalized spacial score (nSPS) is 28.2. The van der Waals surface area contributed by atoms with Crippen molar-refractivity contribution in [3.63, 3.8) is 0 Å². The van der Waals surface area contributed by atoms with E-state index in [4.69, 9.17) is 5.11 Å². The van der Waals surface area contributed by atoms with Crippen molar-refractivity contribution in [2.75, 3.05) is 0 Å². The van der Waals surface area contributed by atoms with Crippen LogP contribution in [0.4, 0.5) is 0 Å². The summed E-state index contributed by atoms with van der Waals surface area (Å²) in [6.07, 6.45) is 12.4. The Labute approximate surface area is 163 Å². The van der Waals surface area contributed by atoms with E-state index in [0.29, 0.717) is 31.6 Å². The zero-order valence-corrected chi connectivity index (χ0v) is 16.8. The van der Waals surface area contributed by atoms with Gasteiger partial charge in [0.15, 0.2) is 0 Å². The van der Waals surface area contributed by atoms with E-state index in [1.807, 2.05) is 18.2 Å². The second-order valence-electron chi connectivity index (χ2n) is 8.03. The van der Waals surface area contributed by atoms with Crippen LogP contribution in [-0.4, -0.2) is 44.7 Å². The third-order valence-electron chi connectivity index (χ3n) is 5.54. The molecule has 1 rings (SSSR count). The lowest BCUT2D eigenvalue weighted by molar-refractivity contribution is -0.137. The van der Waals surface area contributed by atoms with Crippen LogP contribution in [0.2, 0.25) is 0 Å². The molecule has 0 amide bonds. The van der Waals surface area contributed by atoms with Gasteiger partial charge in [-0.3, -0.25) is 4.79 Å². The molecule has 156 valence electrons. The molecule has 0 aromatic carbocycles. The van der Waals surface area contributed by atoms with Crippen molar-refractivity contribution in [1.29, 1.82) is 0 Å². The molecule has 0 aliphatic heterocycles. The molecule has 2 unspecified atom stereocenters. The number of carboxylic acid groups (broad SMARTS) is 1. The summed E-state index contributed by atoms with van der Waals surface area (Å²) in [5.41, 5.74) is 0. The molecule has 0 spiro atoms. The highest BCUT2D eigenvalue weighted by Gasteiger charge is 2.39. The summed E-state index contributed by atoms with van der Waals surface area (Å²) in [4.78, 5) is 10.5. The molecule has 0 bridgehead atoms. The minimum absolute atomic E-state index is 0.0711. The number of carbonyl (C=O) groups is 1. The average molecular weight is 383 g/mol. The first-order valence-corrected chi connectivity index (χ1v) is 10.4. The number of aliphatic hydroxyl groups is 3. The van der Waals surface area contributed by atoms with E-state index in [2.05, 4.69) is 13.8 Å². The van der Waals surface area contributed by atoms with Crippen LogP contribution in [0, 0.1) is 17.8 Å². The van der Waals surface area contributed by atoms with Gasteiger partial charge in [0.2, 0.25) is 0 Å². The summed E-state index contributed by atoms with van der Waals surface area (Å²) in [5.74, 6) is -0.411. The highest BCUT2D eigenvalue weighted by atomic mass is 16.4. The number of hydrogen-bond donors (Lipinski definition) is 4. The van der Waals surface area contributed by atoms with Gasteiger partial charge < -0.3 is 20.4 Å². The average Bonchev–Trinajstić information content (AvgIpc) is 2.87. The molecule has 0 aromatic heterocycles. The third kappa shape index (κ3) is 9.54. The van der Waals surface area contributed by atoms with Crippen molar-refractivity contribution < 1.29 is 25.2 Å². The molecule has 0 aromatic rings. The fourth-order valence-electron chi connectivity index (χ4n) is 3.89. The molecule has 0 heterocycles. The number of hydrogen-bond acceptors (Lipinski definition) is 4. The number of allylic oxidation sites excluding steroid dienone is 2. The van der Waals surface area contributed by atoms with Crippen LogP contribution in [0.25, 0.3) is 0 Å². The summed E-state index contributed by atoms with van der Waals surface area (Å²) in [5, 5.41) is 39.3. The maximum atomic E-state index is 10.5. The molecule has 1 aliphatic rings. The van der Waals surface area contributed by atoms with E-state index >= 15 is 0 Å². The number of aliphatic hydroxyl groups excluding tert-OH is 3. The molecule has 1 fully saturated rings. The lowest BCUT2D eigenvalue weighted by Gasteiger charge is -2.20. The summed E-state index contributed by atoms with van der Waals surface area (Å²) in [6.45, 7) is 4.37. The van der Waals surface area contributed by atoms with Crippen LogP contribution in [0.5, 0.6) is 0 Å². The van der Waals surface area contributed by atoms with Gasteiger partial charge in [0.1, 0.15) is 0 Å².